The third kappa shape index (κ3) is 5.68. The quantitative estimate of drug-likeness (QED) is 0.365. The first-order valence-corrected chi connectivity index (χ1v) is 10.2. The highest BCUT2D eigenvalue weighted by molar-refractivity contribution is 7.11. The second-order valence-corrected chi connectivity index (χ2v) is 7.08. The van der Waals surface area contributed by atoms with E-state index in [4.69, 9.17) is 14.2 Å². The average Bonchev–Trinajstić information content (AvgIpc) is 3.27. The van der Waals surface area contributed by atoms with Crippen molar-refractivity contribution in [2.75, 3.05) is 20.3 Å². The maximum atomic E-state index is 13.1. The minimum Gasteiger partial charge on any atom is -0.493 e. The molecule has 31 heavy (non-hydrogen) atoms. The highest BCUT2D eigenvalue weighted by Crippen LogP contribution is 2.31. The third-order valence-corrected chi connectivity index (χ3v) is 5.02. The van der Waals surface area contributed by atoms with Gasteiger partial charge in [0.2, 0.25) is 0 Å². The molecule has 0 amide bonds. The number of aromatic nitrogens is 1. The lowest BCUT2D eigenvalue weighted by atomic mass is 10.1. The summed E-state index contributed by atoms with van der Waals surface area (Å²) in [6.07, 6.45) is 1.69. The van der Waals surface area contributed by atoms with E-state index in [2.05, 4.69) is 11.1 Å². The van der Waals surface area contributed by atoms with Gasteiger partial charge in [0.25, 0.3) is 0 Å². The van der Waals surface area contributed by atoms with Crippen LogP contribution < -0.4 is 9.47 Å². The number of carbonyl (C=O) groups excluding carboxylic acids is 1. The molecule has 0 spiro atoms. The van der Waals surface area contributed by atoms with Crippen LogP contribution in [0.2, 0.25) is 0 Å². The predicted molar refractivity (Wildman–Crippen MR) is 116 cm³/mol. The van der Waals surface area contributed by atoms with Gasteiger partial charge in [-0.1, -0.05) is 6.07 Å². The lowest BCUT2D eigenvalue weighted by molar-refractivity contribution is -0.145. The zero-order valence-electron chi connectivity index (χ0n) is 16.9. The molecule has 0 aliphatic heterocycles. The van der Waals surface area contributed by atoms with E-state index in [-0.39, 0.29) is 19.0 Å². The largest absolute Gasteiger partial charge is 0.493 e. The molecule has 1 aromatic heterocycles. The van der Waals surface area contributed by atoms with E-state index in [0.717, 1.165) is 5.56 Å². The van der Waals surface area contributed by atoms with Gasteiger partial charge in [0, 0.05) is 10.9 Å². The summed E-state index contributed by atoms with van der Waals surface area (Å²) in [5.41, 5.74) is 2.52. The lowest BCUT2D eigenvalue weighted by Gasteiger charge is -2.11. The lowest BCUT2D eigenvalue weighted by Crippen LogP contribution is -2.14. The molecule has 0 bridgehead atoms. The Balaban J connectivity index is 1.81. The Morgan fingerprint density at radius 2 is 2.00 bits per heavy atom. The van der Waals surface area contributed by atoms with Crippen molar-refractivity contribution in [3.8, 4) is 28.8 Å². The highest BCUT2D eigenvalue weighted by atomic mass is 32.1. The number of carbonyl (C=O) groups is 1. The van der Waals surface area contributed by atoms with Crippen molar-refractivity contribution in [3.05, 3.63) is 64.2 Å². The second-order valence-electron chi connectivity index (χ2n) is 6.22. The van der Waals surface area contributed by atoms with Crippen molar-refractivity contribution < 1.29 is 23.4 Å². The fourth-order valence-electron chi connectivity index (χ4n) is 2.69. The minimum absolute atomic E-state index is 0.228. The van der Waals surface area contributed by atoms with Crippen LogP contribution in [-0.2, 0) is 9.53 Å². The van der Waals surface area contributed by atoms with Gasteiger partial charge in [-0.25, -0.2) is 14.2 Å². The van der Waals surface area contributed by atoms with Crippen LogP contribution in [0.4, 0.5) is 4.39 Å². The summed E-state index contributed by atoms with van der Waals surface area (Å²) in [5, 5.41) is 12.0. The minimum atomic E-state index is -0.471. The number of allylic oxidation sites excluding steroid dienone is 1. The van der Waals surface area contributed by atoms with Crippen LogP contribution in [0.5, 0.6) is 11.5 Å². The van der Waals surface area contributed by atoms with Crippen molar-refractivity contribution in [1.29, 1.82) is 5.26 Å². The number of nitriles is 1. The van der Waals surface area contributed by atoms with Gasteiger partial charge < -0.3 is 14.2 Å². The summed E-state index contributed by atoms with van der Waals surface area (Å²) in [4.78, 5) is 16.0. The van der Waals surface area contributed by atoms with Gasteiger partial charge in [-0.2, -0.15) is 5.26 Å². The van der Waals surface area contributed by atoms with E-state index in [0.29, 0.717) is 33.3 Å². The van der Waals surface area contributed by atoms with Crippen LogP contribution in [0.15, 0.2) is 47.8 Å². The van der Waals surface area contributed by atoms with Crippen LogP contribution in [0, 0.1) is 17.1 Å². The Bertz CT molecular complexity index is 1130. The standard InChI is InChI=1S/C23H19FN2O4S/c1-3-29-22(27)13-30-20-9-4-15(11-21(20)28-2)10-17(12-25)23-26-19(14-31-23)16-5-7-18(24)8-6-16/h4-11,14H,3,13H2,1-2H3. The molecule has 8 heteroatoms. The van der Waals surface area contributed by atoms with E-state index in [9.17, 15) is 14.4 Å². The number of esters is 1. The molecule has 0 saturated carbocycles. The Morgan fingerprint density at radius 1 is 1.23 bits per heavy atom. The average molecular weight is 438 g/mol. The van der Waals surface area contributed by atoms with E-state index < -0.39 is 5.97 Å². The predicted octanol–water partition coefficient (Wildman–Crippen LogP) is 4.96. The summed E-state index contributed by atoms with van der Waals surface area (Å²) in [6, 6.07) is 13.3. The van der Waals surface area contributed by atoms with Crippen LogP contribution in [-0.4, -0.2) is 31.3 Å². The molecule has 0 saturated heterocycles. The zero-order valence-corrected chi connectivity index (χ0v) is 17.7. The Labute approximate surface area is 183 Å². The number of nitrogens with zero attached hydrogens (tertiary/aromatic N) is 2. The number of benzene rings is 2. The smallest absolute Gasteiger partial charge is 0.344 e. The van der Waals surface area contributed by atoms with Crippen LogP contribution in [0.25, 0.3) is 22.9 Å². The van der Waals surface area contributed by atoms with Crippen molar-refractivity contribution in [3.63, 3.8) is 0 Å². The maximum absolute atomic E-state index is 13.1. The summed E-state index contributed by atoms with van der Waals surface area (Å²) < 4.78 is 28.8. The number of thiazole rings is 1. The van der Waals surface area contributed by atoms with Gasteiger partial charge >= 0.3 is 5.97 Å². The molecular formula is C23H19FN2O4S. The summed E-state index contributed by atoms with van der Waals surface area (Å²) in [7, 11) is 1.49. The molecule has 2 aromatic carbocycles. The number of methoxy groups -OCH3 is 1. The molecular weight excluding hydrogens is 419 g/mol. The van der Waals surface area contributed by atoms with Crippen LogP contribution >= 0.6 is 11.3 Å². The van der Waals surface area contributed by atoms with Crippen LogP contribution in [0.1, 0.15) is 17.5 Å². The van der Waals surface area contributed by atoms with Crippen molar-refractivity contribution in [2.24, 2.45) is 0 Å². The summed E-state index contributed by atoms with van der Waals surface area (Å²) in [5.74, 6) is 0.0157. The Morgan fingerprint density at radius 3 is 2.68 bits per heavy atom. The van der Waals surface area contributed by atoms with Crippen LogP contribution in [0.3, 0.4) is 0 Å². The number of halogens is 1. The first-order chi connectivity index (χ1) is 15.0. The first kappa shape index (κ1) is 22.0. The molecule has 0 unspecified atom stereocenters. The van der Waals surface area contributed by atoms with Gasteiger partial charge in [-0.05, 0) is 55.0 Å². The van der Waals surface area contributed by atoms with E-state index in [1.807, 2.05) is 5.38 Å². The number of hydrogen-bond donors (Lipinski definition) is 0. The van der Waals surface area contributed by atoms with Crippen molar-refractivity contribution in [2.45, 2.75) is 6.92 Å². The molecule has 0 radical (unpaired) electrons. The summed E-state index contributed by atoms with van der Waals surface area (Å²) in [6.45, 7) is 1.77. The monoisotopic (exact) mass is 438 g/mol. The van der Waals surface area contributed by atoms with Gasteiger partial charge in [0.05, 0.1) is 25.0 Å². The molecule has 6 nitrogen and oxygen atoms in total. The van der Waals surface area contributed by atoms with E-state index >= 15 is 0 Å². The second kappa shape index (κ2) is 10.4. The fourth-order valence-corrected chi connectivity index (χ4v) is 3.49. The van der Waals surface area contributed by atoms with Gasteiger partial charge in [-0.15, -0.1) is 11.3 Å². The number of ether oxygens (including phenoxy) is 3. The fraction of sp³-hybridized carbons (Fsp3) is 0.174. The molecule has 0 N–H and O–H groups in total. The molecule has 158 valence electrons. The number of rotatable bonds is 8. The van der Waals surface area contributed by atoms with Crippen molar-refractivity contribution in [1.82, 2.24) is 4.98 Å². The van der Waals surface area contributed by atoms with Gasteiger partial charge in [0.15, 0.2) is 18.1 Å². The number of hydrogen-bond acceptors (Lipinski definition) is 7. The normalized spacial score (nSPS) is 11.0. The van der Waals surface area contributed by atoms with E-state index in [1.54, 1.807) is 43.3 Å². The molecule has 0 aliphatic carbocycles. The summed E-state index contributed by atoms with van der Waals surface area (Å²) >= 11 is 1.33. The van der Waals surface area contributed by atoms with Crippen molar-refractivity contribution >= 4 is 29.0 Å². The molecule has 3 aromatic rings. The molecule has 0 fully saturated rings. The highest BCUT2D eigenvalue weighted by Gasteiger charge is 2.12. The SMILES string of the molecule is CCOC(=O)COc1ccc(C=C(C#N)c2nc(-c3ccc(F)cc3)cs2)cc1OC. The van der Waals surface area contributed by atoms with Gasteiger partial charge in [-0.3, -0.25) is 0 Å². The van der Waals surface area contributed by atoms with Gasteiger partial charge in [0.1, 0.15) is 16.9 Å². The first-order valence-electron chi connectivity index (χ1n) is 9.34. The zero-order chi connectivity index (χ0) is 22.2. The Hall–Kier alpha value is -3.70. The maximum Gasteiger partial charge on any atom is 0.344 e. The topological polar surface area (TPSA) is 81.4 Å². The molecule has 0 atom stereocenters. The third-order valence-electron chi connectivity index (χ3n) is 4.14. The van der Waals surface area contributed by atoms with E-state index in [1.165, 1.54) is 30.6 Å². The molecule has 0 aliphatic rings. The molecule has 3 rings (SSSR count). The molecule has 1 heterocycles. The Kier molecular flexibility index (Phi) is 7.35.